The summed E-state index contributed by atoms with van der Waals surface area (Å²) in [5, 5.41) is 0. The van der Waals surface area contributed by atoms with E-state index in [-0.39, 0.29) is 11.5 Å². The first kappa shape index (κ1) is 10.7. The second-order valence-electron chi connectivity index (χ2n) is 2.56. The Bertz CT molecular complexity index is 313. The molecule has 0 saturated heterocycles. The van der Waals surface area contributed by atoms with Crippen molar-refractivity contribution in [2.45, 2.75) is 0 Å². The minimum absolute atomic E-state index is 0.0963. The smallest absolute Gasteiger partial charge is 0.356 e. The summed E-state index contributed by atoms with van der Waals surface area (Å²) in [6.45, 7) is 0. The molecule has 0 aromatic heterocycles. The lowest BCUT2D eigenvalue weighted by atomic mass is 10.1. The lowest BCUT2D eigenvalue weighted by Gasteiger charge is -1.99. The van der Waals surface area contributed by atoms with Crippen LogP contribution in [0.4, 0.5) is 0 Å². The average Bonchev–Trinajstić information content (AvgIpc) is 2.27. The Hall–Kier alpha value is -1.33. The maximum atomic E-state index is 11.1. The largest absolute Gasteiger partial charge is 0.370 e. The van der Waals surface area contributed by atoms with Gasteiger partial charge in [0.25, 0.3) is 0 Å². The summed E-state index contributed by atoms with van der Waals surface area (Å²) >= 11 is 3.85. The first-order valence-corrected chi connectivity index (χ1v) is 4.47. The van der Waals surface area contributed by atoms with Crippen molar-refractivity contribution in [3.63, 3.8) is 0 Å². The molecule has 1 aromatic rings. The fourth-order valence-corrected chi connectivity index (χ4v) is 1.13. The molecule has 0 radical (unpaired) electrons. The van der Waals surface area contributed by atoms with Gasteiger partial charge in [-0.15, -0.1) is 0 Å². The standard InChI is InChI=1S/C9H9NO3S/c10-13-9(12)7-3-1-6(2-4-7)8(11)5-14/h1-4,14H,5,10H2. The quantitative estimate of drug-likeness (QED) is 0.441. The van der Waals surface area contributed by atoms with Crippen molar-refractivity contribution in [1.82, 2.24) is 0 Å². The maximum absolute atomic E-state index is 11.1. The minimum Gasteiger partial charge on any atom is -0.370 e. The number of carbonyl (C=O) groups excluding carboxylic acids is 2. The Kier molecular flexibility index (Phi) is 3.67. The normalized spacial score (nSPS) is 9.57. The summed E-state index contributed by atoms with van der Waals surface area (Å²) in [6.07, 6.45) is 0. The Morgan fingerprint density at radius 2 is 1.71 bits per heavy atom. The first-order chi connectivity index (χ1) is 6.69. The zero-order valence-electron chi connectivity index (χ0n) is 7.27. The monoisotopic (exact) mass is 211 g/mol. The molecule has 0 heterocycles. The van der Waals surface area contributed by atoms with E-state index < -0.39 is 5.97 Å². The molecule has 74 valence electrons. The Morgan fingerprint density at radius 3 is 2.14 bits per heavy atom. The van der Waals surface area contributed by atoms with Gasteiger partial charge in [-0.25, -0.2) is 4.79 Å². The molecule has 0 atom stereocenters. The SMILES string of the molecule is NOC(=O)c1ccc(C(=O)CS)cc1. The molecule has 1 rings (SSSR count). The van der Waals surface area contributed by atoms with Crippen LogP contribution < -0.4 is 5.90 Å². The van der Waals surface area contributed by atoms with Gasteiger partial charge in [0.2, 0.25) is 0 Å². The first-order valence-electron chi connectivity index (χ1n) is 3.84. The molecular formula is C9H9NO3S. The second kappa shape index (κ2) is 4.78. The molecular weight excluding hydrogens is 202 g/mol. The summed E-state index contributed by atoms with van der Waals surface area (Å²) in [5.74, 6) is 4.11. The molecule has 0 fully saturated rings. The predicted molar refractivity (Wildman–Crippen MR) is 54.2 cm³/mol. The van der Waals surface area contributed by atoms with Gasteiger partial charge < -0.3 is 4.84 Å². The van der Waals surface area contributed by atoms with E-state index in [2.05, 4.69) is 17.5 Å². The van der Waals surface area contributed by atoms with Crippen molar-refractivity contribution < 1.29 is 14.4 Å². The van der Waals surface area contributed by atoms with Crippen LogP contribution in [0.1, 0.15) is 20.7 Å². The van der Waals surface area contributed by atoms with E-state index in [1.54, 1.807) is 0 Å². The van der Waals surface area contributed by atoms with Crippen LogP contribution in [-0.4, -0.2) is 17.5 Å². The fourth-order valence-electron chi connectivity index (χ4n) is 0.952. The third-order valence-corrected chi connectivity index (χ3v) is 1.98. The van der Waals surface area contributed by atoms with E-state index >= 15 is 0 Å². The third kappa shape index (κ3) is 2.34. The van der Waals surface area contributed by atoms with Gasteiger partial charge in [0.1, 0.15) is 0 Å². The van der Waals surface area contributed by atoms with Gasteiger partial charge in [0.15, 0.2) is 5.78 Å². The van der Waals surface area contributed by atoms with E-state index in [0.717, 1.165) is 0 Å². The van der Waals surface area contributed by atoms with Crippen molar-refractivity contribution in [2.75, 3.05) is 5.75 Å². The zero-order valence-corrected chi connectivity index (χ0v) is 8.16. The van der Waals surface area contributed by atoms with Crippen molar-refractivity contribution in [3.05, 3.63) is 35.4 Å². The predicted octanol–water partition coefficient (Wildman–Crippen LogP) is 0.830. The van der Waals surface area contributed by atoms with Gasteiger partial charge >= 0.3 is 5.97 Å². The minimum atomic E-state index is -0.630. The van der Waals surface area contributed by atoms with Crippen molar-refractivity contribution in [1.29, 1.82) is 0 Å². The van der Waals surface area contributed by atoms with Crippen LogP contribution in [0, 0.1) is 0 Å². The van der Waals surface area contributed by atoms with Crippen molar-refractivity contribution in [2.24, 2.45) is 5.90 Å². The number of hydrogen-bond acceptors (Lipinski definition) is 5. The highest BCUT2D eigenvalue weighted by Crippen LogP contribution is 2.06. The molecule has 0 aliphatic carbocycles. The summed E-state index contributed by atoms with van der Waals surface area (Å²) in [5.41, 5.74) is 0.816. The number of rotatable bonds is 3. The highest BCUT2D eigenvalue weighted by molar-refractivity contribution is 7.81. The summed E-state index contributed by atoms with van der Waals surface area (Å²) in [6, 6.07) is 6.02. The Morgan fingerprint density at radius 1 is 1.21 bits per heavy atom. The molecule has 14 heavy (non-hydrogen) atoms. The number of hydrogen-bond donors (Lipinski definition) is 2. The number of ketones is 1. The lowest BCUT2D eigenvalue weighted by Crippen LogP contribution is -2.10. The van der Waals surface area contributed by atoms with E-state index in [1.165, 1.54) is 24.3 Å². The fraction of sp³-hybridized carbons (Fsp3) is 0.111. The van der Waals surface area contributed by atoms with Crippen LogP contribution in [0.15, 0.2) is 24.3 Å². The Balaban J connectivity index is 2.89. The van der Waals surface area contributed by atoms with Gasteiger partial charge in [-0.05, 0) is 12.1 Å². The molecule has 1 aromatic carbocycles. The van der Waals surface area contributed by atoms with Crippen LogP contribution >= 0.6 is 12.6 Å². The topological polar surface area (TPSA) is 69.4 Å². The molecule has 0 amide bonds. The summed E-state index contributed by atoms with van der Waals surface area (Å²) < 4.78 is 0. The molecule has 0 saturated carbocycles. The van der Waals surface area contributed by atoms with Crippen LogP contribution in [0.25, 0.3) is 0 Å². The number of nitrogens with two attached hydrogens (primary N) is 1. The number of Topliss-reactive ketones (excluding diaryl/α,β-unsaturated/α-hetero) is 1. The third-order valence-electron chi connectivity index (χ3n) is 1.69. The Labute approximate surface area is 86.4 Å². The maximum Gasteiger partial charge on any atom is 0.356 e. The number of carbonyl (C=O) groups is 2. The van der Waals surface area contributed by atoms with Gasteiger partial charge in [-0.3, -0.25) is 4.79 Å². The van der Waals surface area contributed by atoms with Gasteiger partial charge in [-0.2, -0.15) is 18.5 Å². The van der Waals surface area contributed by atoms with Crippen molar-refractivity contribution in [3.8, 4) is 0 Å². The van der Waals surface area contributed by atoms with E-state index in [0.29, 0.717) is 11.1 Å². The van der Waals surface area contributed by atoms with Gasteiger partial charge in [-0.1, -0.05) is 12.1 Å². The van der Waals surface area contributed by atoms with Crippen LogP contribution in [-0.2, 0) is 4.84 Å². The lowest BCUT2D eigenvalue weighted by molar-refractivity contribution is 0.0503. The molecule has 4 nitrogen and oxygen atoms in total. The molecule has 0 aliphatic rings. The highest BCUT2D eigenvalue weighted by atomic mass is 32.1. The second-order valence-corrected chi connectivity index (χ2v) is 2.88. The number of thiol groups is 1. The molecule has 5 heteroatoms. The molecule has 0 bridgehead atoms. The van der Waals surface area contributed by atoms with Crippen LogP contribution in [0.5, 0.6) is 0 Å². The number of benzene rings is 1. The zero-order chi connectivity index (χ0) is 10.6. The molecule has 2 N–H and O–H groups in total. The van der Waals surface area contributed by atoms with Crippen LogP contribution in [0.2, 0.25) is 0 Å². The van der Waals surface area contributed by atoms with Crippen molar-refractivity contribution >= 4 is 24.4 Å². The van der Waals surface area contributed by atoms with E-state index in [1.807, 2.05) is 0 Å². The summed E-state index contributed by atoms with van der Waals surface area (Å²) in [4.78, 5) is 26.1. The molecule has 0 aliphatic heterocycles. The summed E-state index contributed by atoms with van der Waals surface area (Å²) in [7, 11) is 0. The molecule has 0 spiro atoms. The van der Waals surface area contributed by atoms with Crippen LogP contribution in [0.3, 0.4) is 0 Å². The van der Waals surface area contributed by atoms with E-state index in [4.69, 9.17) is 5.90 Å². The van der Waals surface area contributed by atoms with E-state index in [9.17, 15) is 9.59 Å². The average molecular weight is 211 g/mol. The van der Waals surface area contributed by atoms with Gasteiger partial charge in [0, 0.05) is 5.56 Å². The highest BCUT2D eigenvalue weighted by Gasteiger charge is 2.07. The molecule has 0 unspecified atom stereocenters. The van der Waals surface area contributed by atoms with Gasteiger partial charge in [0.05, 0.1) is 11.3 Å².